The molecule has 0 spiro atoms. The van der Waals surface area contributed by atoms with E-state index in [1.807, 2.05) is 12.1 Å². The van der Waals surface area contributed by atoms with Crippen molar-refractivity contribution in [3.63, 3.8) is 0 Å². The molecule has 3 N–H and O–H groups in total. The molecule has 0 aliphatic heterocycles. The van der Waals surface area contributed by atoms with Gasteiger partial charge in [-0.25, -0.2) is 0 Å². The SMILES string of the molecule is CC(=O)NN(c1ccncc1)c1cccc(N)c1. The number of aromatic nitrogens is 1. The summed E-state index contributed by atoms with van der Waals surface area (Å²) in [5.41, 5.74) is 10.7. The lowest BCUT2D eigenvalue weighted by atomic mass is 10.2. The lowest BCUT2D eigenvalue weighted by Gasteiger charge is -2.24. The second-order valence-corrected chi connectivity index (χ2v) is 3.80. The number of pyridine rings is 1. The minimum Gasteiger partial charge on any atom is -0.399 e. The molecule has 0 aliphatic carbocycles. The van der Waals surface area contributed by atoms with Crippen molar-refractivity contribution in [3.05, 3.63) is 48.8 Å². The minimum atomic E-state index is -0.158. The quantitative estimate of drug-likeness (QED) is 0.636. The third-order valence-corrected chi connectivity index (χ3v) is 2.32. The number of carbonyl (C=O) groups excluding carboxylic acids is 1. The topological polar surface area (TPSA) is 71.2 Å². The van der Waals surface area contributed by atoms with Crippen molar-refractivity contribution in [1.29, 1.82) is 0 Å². The highest BCUT2D eigenvalue weighted by Gasteiger charge is 2.10. The molecule has 18 heavy (non-hydrogen) atoms. The molecule has 1 heterocycles. The monoisotopic (exact) mass is 242 g/mol. The van der Waals surface area contributed by atoms with Gasteiger partial charge in [0.15, 0.2) is 0 Å². The Morgan fingerprint density at radius 3 is 2.56 bits per heavy atom. The Hall–Kier alpha value is -2.56. The van der Waals surface area contributed by atoms with E-state index >= 15 is 0 Å². The van der Waals surface area contributed by atoms with Crippen LogP contribution < -0.4 is 16.2 Å². The van der Waals surface area contributed by atoms with E-state index in [0.717, 1.165) is 11.4 Å². The fourth-order valence-electron chi connectivity index (χ4n) is 1.59. The van der Waals surface area contributed by atoms with Gasteiger partial charge in [0.2, 0.25) is 5.91 Å². The molecule has 5 nitrogen and oxygen atoms in total. The van der Waals surface area contributed by atoms with E-state index in [1.165, 1.54) is 6.92 Å². The molecule has 0 saturated heterocycles. The number of benzene rings is 1. The molecule has 1 aromatic carbocycles. The average Bonchev–Trinajstić information content (AvgIpc) is 2.37. The number of hydrogen-bond acceptors (Lipinski definition) is 4. The van der Waals surface area contributed by atoms with Crippen LogP contribution in [0.2, 0.25) is 0 Å². The molecule has 1 amide bonds. The van der Waals surface area contributed by atoms with Crippen LogP contribution in [0.3, 0.4) is 0 Å². The van der Waals surface area contributed by atoms with Crippen LogP contribution in [0.4, 0.5) is 17.1 Å². The molecule has 1 aromatic heterocycles. The fourth-order valence-corrected chi connectivity index (χ4v) is 1.59. The number of rotatable bonds is 3. The first-order valence-corrected chi connectivity index (χ1v) is 5.50. The predicted octanol–water partition coefficient (Wildman–Crippen LogP) is 1.85. The second-order valence-electron chi connectivity index (χ2n) is 3.80. The van der Waals surface area contributed by atoms with Gasteiger partial charge in [0.25, 0.3) is 0 Å². The van der Waals surface area contributed by atoms with E-state index in [9.17, 15) is 4.79 Å². The zero-order valence-electron chi connectivity index (χ0n) is 10.00. The molecule has 5 heteroatoms. The highest BCUT2D eigenvalue weighted by Crippen LogP contribution is 2.24. The van der Waals surface area contributed by atoms with Gasteiger partial charge in [-0.05, 0) is 30.3 Å². The number of nitrogens with one attached hydrogen (secondary N) is 1. The van der Waals surface area contributed by atoms with E-state index in [4.69, 9.17) is 5.73 Å². The van der Waals surface area contributed by atoms with Gasteiger partial charge in [-0.2, -0.15) is 0 Å². The maximum absolute atomic E-state index is 11.3. The molecule has 92 valence electrons. The summed E-state index contributed by atoms with van der Waals surface area (Å²) in [7, 11) is 0. The largest absolute Gasteiger partial charge is 0.399 e. The summed E-state index contributed by atoms with van der Waals surface area (Å²) in [6.45, 7) is 1.46. The third kappa shape index (κ3) is 2.76. The number of nitrogens with zero attached hydrogens (tertiary/aromatic N) is 2. The van der Waals surface area contributed by atoms with E-state index in [0.29, 0.717) is 5.69 Å². The van der Waals surface area contributed by atoms with Crippen LogP contribution >= 0.6 is 0 Å². The first-order chi connectivity index (χ1) is 8.66. The van der Waals surface area contributed by atoms with Crippen LogP contribution in [0.1, 0.15) is 6.92 Å². The van der Waals surface area contributed by atoms with Crippen molar-refractivity contribution in [2.75, 3.05) is 10.7 Å². The molecule has 2 aromatic rings. The summed E-state index contributed by atoms with van der Waals surface area (Å²) in [5.74, 6) is -0.158. The van der Waals surface area contributed by atoms with Crippen LogP contribution in [-0.4, -0.2) is 10.9 Å². The molecule has 0 bridgehead atoms. The van der Waals surface area contributed by atoms with Crippen molar-refractivity contribution < 1.29 is 4.79 Å². The summed E-state index contributed by atoms with van der Waals surface area (Å²) >= 11 is 0. The van der Waals surface area contributed by atoms with Crippen LogP contribution in [0.15, 0.2) is 48.8 Å². The Labute approximate surface area is 105 Å². The van der Waals surface area contributed by atoms with Crippen LogP contribution in [0.5, 0.6) is 0 Å². The maximum Gasteiger partial charge on any atom is 0.235 e. The van der Waals surface area contributed by atoms with Crippen LogP contribution in [0.25, 0.3) is 0 Å². The third-order valence-electron chi connectivity index (χ3n) is 2.32. The summed E-state index contributed by atoms with van der Waals surface area (Å²) in [5, 5.41) is 1.67. The minimum absolute atomic E-state index is 0.158. The molecule has 0 atom stereocenters. The normalized spacial score (nSPS) is 9.83. The first kappa shape index (κ1) is 11.9. The number of hydrogen-bond donors (Lipinski definition) is 2. The van der Waals surface area contributed by atoms with Crippen molar-refractivity contribution in [3.8, 4) is 0 Å². The molecular weight excluding hydrogens is 228 g/mol. The lowest BCUT2D eigenvalue weighted by Crippen LogP contribution is -2.37. The van der Waals surface area contributed by atoms with Gasteiger partial charge in [-0.1, -0.05) is 6.07 Å². The average molecular weight is 242 g/mol. The Kier molecular flexibility index (Phi) is 3.43. The Balaban J connectivity index is 2.40. The van der Waals surface area contributed by atoms with Gasteiger partial charge in [-0.15, -0.1) is 0 Å². The first-order valence-electron chi connectivity index (χ1n) is 5.50. The van der Waals surface area contributed by atoms with Gasteiger partial charge < -0.3 is 5.73 Å². The number of hydrazine groups is 1. The number of carbonyl (C=O) groups is 1. The highest BCUT2D eigenvalue weighted by molar-refractivity contribution is 5.78. The smallest absolute Gasteiger partial charge is 0.235 e. The zero-order chi connectivity index (χ0) is 13.0. The van der Waals surface area contributed by atoms with Gasteiger partial charge in [0, 0.05) is 25.0 Å². The molecule has 0 aliphatic rings. The van der Waals surface area contributed by atoms with Crippen LogP contribution in [-0.2, 0) is 4.79 Å². The Morgan fingerprint density at radius 1 is 1.22 bits per heavy atom. The van der Waals surface area contributed by atoms with E-state index < -0.39 is 0 Å². The van der Waals surface area contributed by atoms with E-state index in [1.54, 1.807) is 41.7 Å². The Morgan fingerprint density at radius 2 is 1.94 bits per heavy atom. The van der Waals surface area contributed by atoms with Gasteiger partial charge in [-0.3, -0.25) is 20.2 Å². The fraction of sp³-hybridized carbons (Fsp3) is 0.0769. The van der Waals surface area contributed by atoms with E-state index in [2.05, 4.69) is 10.4 Å². The van der Waals surface area contributed by atoms with Crippen molar-refractivity contribution in [1.82, 2.24) is 10.4 Å². The lowest BCUT2D eigenvalue weighted by molar-refractivity contribution is -0.118. The maximum atomic E-state index is 11.3. The summed E-state index contributed by atoms with van der Waals surface area (Å²) < 4.78 is 0. The summed E-state index contributed by atoms with van der Waals surface area (Å²) in [6.07, 6.45) is 3.33. The summed E-state index contributed by atoms with van der Waals surface area (Å²) in [6, 6.07) is 10.9. The van der Waals surface area contributed by atoms with Crippen molar-refractivity contribution in [2.45, 2.75) is 6.92 Å². The predicted molar refractivity (Wildman–Crippen MR) is 71.0 cm³/mol. The van der Waals surface area contributed by atoms with E-state index in [-0.39, 0.29) is 5.91 Å². The number of nitrogen functional groups attached to an aromatic ring is 1. The summed E-state index contributed by atoms with van der Waals surface area (Å²) in [4.78, 5) is 15.2. The van der Waals surface area contributed by atoms with Gasteiger partial charge in [0.05, 0.1) is 11.4 Å². The molecule has 0 radical (unpaired) electrons. The van der Waals surface area contributed by atoms with Gasteiger partial charge >= 0.3 is 0 Å². The molecule has 0 fully saturated rings. The number of anilines is 3. The molecular formula is C13H14N4O. The zero-order valence-corrected chi connectivity index (χ0v) is 10.00. The molecule has 0 unspecified atom stereocenters. The standard InChI is InChI=1S/C13H14N4O/c1-10(18)16-17(12-5-7-15-8-6-12)13-4-2-3-11(14)9-13/h2-9H,14H2,1H3,(H,16,18). The molecule has 2 rings (SSSR count). The van der Waals surface area contributed by atoms with Crippen molar-refractivity contribution >= 4 is 23.0 Å². The number of nitrogens with two attached hydrogens (primary N) is 1. The van der Waals surface area contributed by atoms with Crippen molar-refractivity contribution in [2.24, 2.45) is 0 Å². The van der Waals surface area contributed by atoms with Crippen LogP contribution in [0, 0.1) is 0 Å². The molecule has 0 saturated carbocycles. The Bertz CT molecular complexity index is 542. The highest BCUT2D eigenvalue weighted by atomic mass is 16.2. The second kappa shape index (κ2) is 5.18. The van der Waals surface area contributed by atoms with Gasteiger partial charge in [0.1, 0.15) is 0 Å². The number of amides is 1.